The normalized spacial score (nSPS) is 19.4. The zero-order chi connectivity index (χ0) is 26.3. The van der Waals surface area contributed by atoms with Crippen molar-refractivity contribution in [3.05, 3.63) is 46.4 Å². The van der Waals surface area contributed by atoms with Gasteiger partial charge in [0, 0.05) is 45.9 Å². The first kappa shape index (κ1) is 25.2. The van der Waals surface area contributed by atoms with Crippen molar-refractivity contribution < 1.29 is 23.8 Å². The molecule has 3 aromatic rings. The second kappa shape index (κ2) is 10.1. The number of carbonyl (C=O) groups excluding carboxylic acids is 3. The van der Waals surface area contributed by atoms with Crippen LogP contribution >= 0.6 is 34.6 Å². The summed E-state index contributed by atoms with van der Waals surface area (Å²) in [6, 6.07) is 2.99. The summed E-state index contributed by atoms with van der Waals surface area (Å²) in [4.78, 5) is 53.3. The van der Waals surface area contributed by atoms with Gasteiger partial charge in [0.15, 0.2) is 17.5 Å². The number of β-lactam (4-membered cyclic amide) rings is 1. The molecule has 3 N–H and O–H groups in total. The summed E-state index contributed by atoms with van der Waals surface area (Å²) >= 11 is 8.67. The van der Waals surface area contributed by atoms with Crippen LogP contribution in [0.2, 0.25) is 0 Å². The maximum atomic E-state index is 13.1. The highest BCUT2D eigenvalue weighted by Gasteiger charge is 2.53. The third-order valence-corrected chi connectivity index (χ3v) is 8.45. The SMILES string of the molecule is CO/N=C(\C(=O)N[C@@H]1C(=O)N2C(C(=O)[S-])=C(c3nc(-c4cc[n+](C)cc4)cs3)CS[C@H]12)c1nsc(N)n1. The molecule has 0 saturated carbocycles. The number of carbonyl (C=O) groups is 3. The number of hydrogen-bond acceptors (Lipinski definition) is 13. The van der Waals surface area contributed by atoms with Gasteiger partial charge in [-0.05, 0) is 0 Å². The molecule has 12 nitrogen and oxygen atoms in total. The highest BCUT2D eigenvalue weighted by Crippen LogP contribution is 2.44. The lowest BCUT2D eigenvalue weighted by Gasteiger charge is -2.50. The quantitative estimate of drug-likeness (QED) is 0.132. The Kier molecular flexibility index (Phi) is 6.89. The van der Waals surface area contributed by atoms with E-state index in [4.69, 9.17) is 28.2 Å². The predicted octanol–water partition coefficient (Wildman–Crippen LogP) is 0.304. The van der Waals surface area contributed by atoms with Crippen LogP contribution in [-0.2, 0) is 38.9 Å². The standard InChI is InChI=1S/C21H18N8O4S4/c1-28-5-3-9(4-6-28)11-8-35-17(23-11)10-7-36-19-13(18(31)29(19)14(10)20(32)34)24-16(30)12(26-33-2)15-25-21(22)37-27-15/h3-6,8,13,19H,7H2,1-2H3,(H3-,22,24,25,27,30,32,34)/b26-12-/t13-,19-/m1/s1. The molecule has 190 valence electrons. The fraction of sp³-hybridized carbons (Fsp3) is 0.238. The van der Waals surface area contributed by atoms with E-state index in [1.165, 1.54) is 35.1 Å². The van der Waals surface area contributed by atoms with Crippen LogP contribution in [0.1, 0.15) is 10.8 Å². The van der Waals surface area contributed by atoms with E-state index in [1.54, 1.807) is 0 Å². The molecular weight excluding hydrogens is 557 g/mol. The van der Waals surface area contributed by atoms with Crippen LogP contribution in [0, 0.1) is 0 Å². The Morgan fingerprint density at radius 3 is 2.73 bits per heavy atom. The molecule has 2 amide bonds. The number of nitrogens with one attached hydrogen (secondary N) is 1. The second-order valence-corrected chi connectivity index (χ2v) is 11.0. The van der Waals surface area contributed by atoms with Crippen molar-refractivity contribution in [2.75, 3.05) is 18.6 Å². The Balaban J connectivity index is 1.38. The summed E-state index contributed by atoms with van der Waals surface area (Å²) in [5.41, 5.74) is 7.80. The van der Waals surface area contributed by atoms with E-state index in [-0.39, 0.29) is 22.4 Å². The fourth-order valence-electron chi connectivity index (χ4n) is 3.81. The summed E-state index contributed by atoms with van der Waals surface area (Å²) in [5, 5.41) is 7.81. The van der Waals surface area contributed by atoms with Gasteiger partial charge in [-0.15, -0.1) is 23.1 Å². The van der Waals surface area contributed by atoms with Crippen LogP contribution in [0.3, 0.4) is 0 Å². The number of hydrogen-bond donors (Lipinski definition) is 2. The molecule has 5 rings (SSSR count). The smallest absolute Gasteiger partial charge is 0.278 e. The van der Waals surface area contributed by atoms with Gasteiger partial charge in [0.05, 0.1) is 16.5 Å². The molecule has 2 aliphatic heterocycles. The van der Waals surface area contributed by atoms with Crippen molar-refractivity contribution in [3.63, 3.8) is 0 Å². The molecule has 0 bridgehead atoms. The first-order chi connectivity index (χ1) is 17.8. The Hall–Kier alpha value is -3.47. The Bertz CT molecular complexity index is 1470. The van der Waals surface area contributed by atoms with Crippen molar-refractivity contribution >= 4 is 80.6 Å². The first-order valence-corrected chi connectivity index (χ1v) is 13.7. The summed E-state index contributed by atoms with van der Waals surface area (Å²) in [6.07, 6.45) is 3.84. The summed E-state index contributed by atoms with van der Waals surface area (Å²) in [7, 11) is 3.20. The van der Waals surface area contributed by atoms with Crippen LogP contribution < -0.4 is 15.6 Å². The topological polar surface area (TPSA) is 157 Å². The van der Waals surface area contributed by atoms with Gasteiger partial charge in [-0.1, -0.05) is 5.16 Å². The molecule has 16 heteroatoms. The number of oxime groups is 1. The third-order valence-electron chi connectivity index (χ3n) is 5.54. The van der Waals surface area contributed by atoms with Gasteiger partial charge in [-0.25, -0.2) is 9.55 Å². The van der Waals surface area contributed by atoms with E-state index < -0.39 is 28.3 Å². The van der Waals surface area contributed by atoms with E-state index in [0.717, 1.165) is 22.8 Å². The highest BCUT2D eigenvalue weighted by molar-refractivity contribution is 8.00. The van der Waals surface area contributed by atoms with E-state index in [1.807, 2.05) is 41.5 Å². The van der Waals surface area contributed by atoms with Crippen molar-refractivity contribution in [3.8, 4) is 11.3 Å². The number of rotatable bonds is 7. The third kappa shape index (κ3) is 4.68. The number of nitrogens with two attached hydrogens (primary N) is 1. The molecule has 37 heavy (non-hydrogen) atoms. The number of anilines is 1. The second-order valence-electron chi connectivity index (χ2n) is 7.84. The molecule has 2 atom stereocenters. The number of fused-ring (bicyclic) bond motifs is 1. The van der Waals surface area contributed by atoms with Gasteiger partial charge < -0.3 is 33.3 Å². The van der Waals surface area contributed by atoms with E-state index in [0.29, 0.717) is 16.3 Å². The number of pyridine rings is 1. The van der Waals surface area contributed by atoms with Crippen molar-refractivity contribution in [1.29, 1.82) is 0 Å². The lowest BCUT2D eigenvalue weighted by Crippen LogP contribution is -2.70. The number of thioether (sulfide) groups is 1. The number of nitrogen functional groups attached to an aromatic ring is 1. The van der Waals surface area contributed by atoms with Crippen LogP contribution in [-0.4, -0.2) is 66.2 Å². The molecule has 1 fully saturated rings. The highest BCUT2D eigenvalue weighted by atomic mass is 32.2. The van der Waals surface area contributed by atoms with Crippen molar-refractivity contribution in [2.24, 2.45) is 12.2 Å². The lowest BCUT2D eigenvalue weighted by molar-refractivity contribution is -0.671. The molecule has 3 aromatic heterocycles. The Morgan fingerprint density at radius 2 is 2.08 bits per heavy atom. The van der Waals surface area contributed by atoms with E-state index in [9.17, 15) is 14.4 Å². The maximum absolute atomic E-state index is 13.1. The fourth-order valence-corrected chi connectivity index (χ4v) is 6.77. The summed E-state index contributed by atoms with van der Waals surface area (Å²) in [6.45, 7) is 0. The molecule has 0 radical (unpaired) electrons. The molecule has 0 spiro atoms. The largest absolute Gasteiger partial charge is 0.735 e. The molecule has 0 aromatic carbocycles. The number of thiazole rings is 1. The minimum Gasteiger partial charge on any atom is -0.735 e. The number of aromatic nitrogens is 4. The minimum absolute atomic E-state index is 0.0165. The van der Waals surface area contributed by atoms with Crippen LogP contribution in [0.4, 0.5) is 5.13 Å². The average Bonchev–Trinajstić information content (AvgIpc) is 3.54. The molecule has 0 aliphatic carbocycles. The summed E-state index contributed by atoms with van der Waals surface area (Å²) < 4.78 is 5.89. The zero-order valence-electron chi connectivity index (χ0n) is 19.3. The Labute approximate surface area is 228 Å². The minimum atomic E-state index is -0.904. The predicted molar refractivity (Wildman–Crippen MR) is 141 cm³/mol. The Morgan fingerprint density at radius 1 is 1.32 bits per heavy atom. The zero-order valence-corrected chi connectivity index (χ0v) is 22.5. The average molecular weight is 575 g/mol. The van der Waals surface area contributed by atoms with Gasteiger partial charge in [0.25, 0.3) is 11.8 Å². The maximum Gasteiger partial charge on any atom is 0.278 e. The number of aryl methyl sites for hydroxylation is 1. The van der Waals surface area contributed by atoms with Gasteiger partial charge in [-0.2, -0.15) is 9.36 Å². The lowest BCUT2D eigenvalue weighted by atomic mass is 10.0. The van der Waals surface area contributed by atoms with Gasteiger partial charge in [0.2, 0.25) is 11.5 Å². The molecular formula is C21H18N8O4S4. The van der Waals surface area contributed by atoms with Gasteiger partial charge >= 0.3 is 0 Å². The number of amides is 2. The van der Waals surface area contributed by atoms with Crippen molar-refractivity contribution in [2.45, 2.75) is 11.4 Å². The monoisotopic (exact) mass is 574 g/mol. The first-order valence-electron chi connectivity index (χ1n) is 10.6. The summed E-state index contributed by atoms with van der Waals surface area (Å²) in [5.74, 6) is -0.804. The van der Waals surface area contributed by atoms with E-state index >= 15 is 0 Å². The van der Waals surface area contributed by atoms with Crippen LogP contribution in [0.5, 0.6) is 0 Å². The molecule has 5 heterocycles. The van der Waals surface area contributed by atoms with Crippen molar-refractivity contribution in [1.82, 2.24) is 24.6 Å². The van der Waals surface area contributed by atoms with Gasteiger partial charge in [0.1, 0.15) is 30.6 Å². The molecule has 0 unspecified atom stereocenters. The number of nitrogens with zero attached hydrogens (tertiary/aromatic N) is 6. The van der Waals surface area contributed by atoms with Crippen LogP contribution in [0.25, 0.3) is 16.8 Å². The van der Waals surface area contributed by atoms with E-state index in [2.05, 4.69) is 19.8 Å². The van der Waals surface area contributed by atoms with Gasteiger partial charge in [-0.3, -0.25) is 14.5 Å². The molecule has 2 aliphatic rings. The molecule has 1 saturated heterocycles. The van der Waals surface area contributed by atoms with Crippen LogP contribution in [0.15, 0.2) is 40.8 Å².